The average Bonchev–Trinajstić information content (AvgIpc) is 3.03. The molecule has 2 aromatic rings. The second kappa shape index (κ2) is 4.11. The molecular formula is C14H16ClN3. The molecule has 0 atom stereocenters. The number of nitrogens with two attached hydrogens (primary N) is 1. The van der Waals surface area contributed by atoms with Crippen molar-refractivity contribution < 1.29 is 0 Å². The second-order valence-corrected chi connectivity index (χ2v) is 5.42. The van der Waals surface area contributed by atoms with Crippen molar-refractivity contribution in [3.05, 3.63) is 46.7 Å². The van der Waals surface area contributed by atoms with E-state index in [1.165, 1.54) is 0 Å². The van der Waals surface area contributed by atoms with Crippen molar-refractivity contribution in [2.24, 2.45) is 5.73 Å². The Morgan fingerprint density at radius 1 is 1.39 bits per heavy atom. The SMILES string of the molecule is Cc1c(Cl)cccc1-n1ccc(C2(CN)CC2)n1. The first kappa shape index (κ1) is 11.8. The quantitative estimate of drug-likeness (QED) is 0.923. The third-order valence-corrected chi connectivity index (χ3v) is 4.27. The topological polar surface area (TPSA) is 43.8 Å². The van der Waals surface area contributed by atoms with Crippen molar-refractivity contribution in [3.63, 3.8) is 0 Å². The Labute approximate surface area is 112 Å². The number of aromatic nitrogens is 2. The van der Waals surface area contributed by atoms with Crippen LogP contribution in [0.3, 0.4) is 0 Å². The lowest BCUT2D eigenvalue weighted by atomic mass is 10.0. The van der Waals surface area contributed by atoms with Crippen LogP contribution in [-0.4, -0.2) is 16.3 Å². The van der Waals surface area contributed by atoms with Gasteiger partial charge in [-0.05, 0) is 43.5 Å². The van der Waals surface area contributed by atoms with E-state index in [-0.39, 0.29) is 5.41 Å². The summed E-state index contributed by atoms with van der Waals surface area (Å²) in [5.41, 5.74) is 9.15. The first-order valence-corrected chi connectivity index (χ1v) is 6.56. The van der Waals surface area contributed by atoms with E-state index in [0.717, 1.165) is 34.8 Å². The summed E-state index contributed by atoms with van der Waals surface area (Å²) in [6.07, 6.45) is 4.29. The summed E-state index contributed by atoms with van der Waals surface area (Å²) < 4.78 is 1.90. The molecule has 2 N–H and O–H groups in total. The molecule has 1 aromatic heterocycles. The van der Waals surface area contributed by atoms with Gasteiger partial charge < -0.3 is 5.73 Å². The van der Waals surface area contributed by atoms with E-state index in [2.05, 4.69) is 11.2 Å². The highest BCUT2D eigenvalue weighted by Gasteiger charge is 2.44. The molecule has 1 fully saturated rings. The van der Waals surface area contributed by atoms with E-state index in [0.29, 0.717) is 6.54 Å². The zero-order valence-electron chi connectivity index (χ0n) is 10.4. The number of hydrogen-bond acceptors (Lipinski definition) is 2. The van der Waals surface area contributed by atoms with Crippen LogP contribution < -0.4 is 5.73 Å². The minimum absolute atomic E-state index is 0.137. The van der Waals surface area contributed by atoms with Crippen LogP contribution in [0.5, 0.6) is 0 Å². The fraction of sp³-hybridized carbons (Fsp3) is 0.357. The molecule has 1 heterocycles. The molecule has 0 spiro atoms. The van der Waals surface area contributed by atoms with Gasteiger partial charge in [-0.15, -0.1) is 0 Å². The average molecular weight is 262 g/mol. The molecule has 1 aliphatic carbocycles. The van der Waals surface area contributed by atoms with Crippen LogP contribution in [0.25, 0.3) is 5.69 Å². The standard InChI is InChI=1S/C14H16ClN3/c1-10-11(15)3-2-4-12(10)18-8-5-13(17-18)14(9-16)6-7-14/h2-5,8H,6-7,9,16H2,1H3. The molecule has 1 aliphatic rings. The molecule has 4 heteroatoms. The van der Waals surface area contributed by atoms with Crippen LogP contribution >= 0.6 is 11.6 Å². The molecule has 0 unspecified atom stereocenters. The normalized spacial score (nSPS) is 16.8. The third-order valence-electron chi connectivity index (χ3n) is 3.86. The number of halogens is 1. The Kier molecular flexibility index (Phi) is 2.68. The van der Waals surface area contributed by atoms with E-state index >= 15 is 0 Å². The number of rotatable bonds is 3. The van der Waals surface area contributed by atoms with Crippen molar-refractivity contribution in [3.8, 4) is 5.69 Å². The van der Waals surface area contributed by atoms with Gasteiger partial charge in [-0.25, -0.2) is 4.68 Å². The largest absolute Gasteiger partial charge is 0.330 e. The minimum Gasteiger partial charge on any atom is -0.330 e. The van der Waals surface area contributed by atoms with Crippen LogP contribution in [0.1, 0.15) is 24.1 Å². The minimum atomic E-state index is 0.137. The summed E-state index contributed by atoms with van der Waals surface area (Å²) in [7, 11) is 0. The number of benzene rings is 1. The fourth-order valence-corrected chi connectivity index (χ4v) is 2.47. The van der Waals surface area contributed by atoms with Gasteiger partial charge in [0.2, 0.25) is 0 Å². The molecular weight excluding hydrogens is 246 g/mol. The maximum absolute atomic E-state index is 6.14. The molecule has 0 saturated heterocycles. The number of hydrogen-bond donors (Lipinski definition) is 1. The lowest BCUT2D eigenvalue weighted by Gasteiger charge is -2.09. The van der Waals surface area contributed by atoms with E-state index in [9.17, 15) is 0 Å². The van der Waals surface area contributed by atoms with Gasteiger partial charge in [-0.1, -0.05) is 17.7 Å². The predicted molar refractivity (Wildman–Crippen MR) is 73.3 cm³/mol. The smallest absolute Gasteiger partial charge is 0.0703 e. The molecule has 94 valence electrons. The molecule has 0 radical (unpaired) electrons. The lowest BCUT2D eigenvalue weighted by molar-refractivity contribution is 0.661. The zero-order valence-corrected chi connectivity index (χ0v) is 11.1. The molecule has 3 rings (SSSR count). The summed E-state index contributed by atoms with van der Waals surface area (Å²) in [6.45, 7) is 2.69. The van der Waals surface area contributed by atoms with Crippen LogP contribution in [0.2, 0.25) is 5.02 Å². The van der Waals surface area contributed by atoms with Gasteiger partial charge in [-0.3, -0.25) is 0 Å². The summed E-state index contributed by atoms with van der Waals surface area (Å²) in [5, 5.41) is 5.43. The fourth-order valence-electron chi connectivity index (χ4n) is 2.30. The Balaban J connectivity index is 2.01. The monoisotopic (exact) mass is 261 g/mol. The Hall–Kier alpha value is -1.32. The highest BCUT2D eigenvalue weighted by molar-refractivity contribution is 6.31. The van der Waals surface area contributed by atoms with E-state index in [4.69, 9.17) is 17.3 Å². The van der Waals surface area contributed by atoms with Gasteiger partial charge in [0.25, 0.3) is 0 Å². The van der Waals surface area contributed by atoms with Crippen molar-refractivity contribution >= 4 is 11.6 Å². The summed E-state index contributed by atoms with van der Waals surface area (Å²) in [6, 6.07) is 7.94. The summed E-state index contributed by atoms with van der Waals surface area (Å²) in [5.74, 6) is 0. The first-order chi connectivity index (χ1) is 8.66. The first-order valence-electron chi connectivity index (χ1n) is 6.18. The van der Waals surface area contributed by atoms with Crippen LogP contribution in [0.15, 0.2) is 30.5 Å². The zero-order chi connectivity index (χ0) is 12.8. The third kappa shape index (κ3) is 1.74. The molecule has 0 bridgehead atoms. The summed E-state index contributed by atoms with van der Waals surface area (Å²) >= 11 is 6.14. The van der Waals surface area contributed by atoms with Crippen molar-refractivity contribution in [2.45, 2.75) is 25.2 Å². The molecule has 0 amide bonds. The second-order valence-electron chi connectivity index (χ2n) is 5.01. The van der Waals surface area contributed by atoms with E-state index < -0.39 is 0 Å². The summed E-state index contributed by atoms with van der Waals surface area (Å²) in [4.78, 5) is 0. The van der Waals surface area contributed by atoms with Crippen LogP contribution in [0, 0.1) is 6.92 Å². The van der Waals surface area contributed by atoms with Crippen molar-refractivity contribution in [1.29, 1.82) is 0 Å². The van der Waals surface area contributed by atoms with Crippen LogP contribution in [-0.2, 0) is 5.41 Å². The van der Waals surface area contributed by atoms with Gasteiger partial charge in [0.1, 0.15) is 0 Å². The number of nitrogens with zero attached hydrogens (tertiary/aromatic N) is 2. The molecule has 1 aromatic carbocycles. The Morgan fingerprint density at radius 3 is 2.83 bits per heavy atom. The van der Waals surface area contributed by atoms with Gasteiger partial charge in [0.05, 0.1) is 11.4 Å². The predicted octanol–water partition coefficient (Wildman–Crippen LogP) is 2.82. The maximum Gasteiger partial charge on any atom is 0.0703 e. The molecule has 0 aliphatic heterocycles. The van der Waals surface area contributed by atoms with E-state index in [1.807, 2.05) is 36.0 Å². The molecule has 18 heavy (non-hydrogen) atoms. The van der Waals surface area contributed by atoms with Gasteiger partial charge in [0, 0.05) is 23.2 Å². The maximum atomic E-state index is 6.14. The molecule has 3 nitrogen and oxygen atoms in total. The van der Waals surface area contributed by atoms with Gasteiger partial charge >= 0.3 is 0 Å². The highest BCUT2D eigenvalue weighted by Crippen LogP contribution is 2.46. The van der Waals surface area contributed by atoms with Crippen molar-refractivity contribution in [2.75, 3.05) is 6.54 Å². The lowest BCUT2D eigenvalue weighted by Crippen LogP contribution is -2.20. The molecule has 1 saturated carbocycles. The Morgan fingerprint density at radius 2 is 2.17 bits per heavy atom. The highest BCUT2D eigenvalue weighted by atomic mass is 35.5. The van der Waals surface area contributed by atoms with E-state index in [1.54, 1.807) is 0 Å². The van der Waals surface area contributed by atoms with Crippen LogP contribution in [0.4, 0.5) is 0 Å². The van der Waals surface area contributed by atoms with Crippen molar-refractivity contribution in [1.82, 2.24) is 9.78 Å². The Bertz CT molecular complexity index is 584. The van der Waals surface area contributed by atoms with Gasteiger partial charge in [0.15, 0.2) is 0 Å². The van der Waals surface area contributed by atoms with Gasteiger partial charge in [-0.2, -0.15) is 5.10 Å².